The molecule has 14 heavy (non-hydrogen) atoms. The molecule has 0 atom stereocenters. The van der Waals surface area contributed by atoms with Crippen LogP contribution in [0.5, 0.6) is 0 Å². The third-order valence-corrected chi connectivity index (χ3v) is 1.33. The second kappa shape index (κ2) is 11.8. The summed E-state index contributed by atoms with van der Waals surface area (Å²) >= 11 is 3.53. The molecule has 0 N–H and O–H groups in total. The van der Waals surface area contributed by atoms with Crippen LogP contribution in [0.2, 0.25) is 0 Å². The molecule has 0 aliphatic heterocycles. The normalized spacial score (nSPS) is 7.29. The van der Waals surface area contributed by atoms with Crippen LogP contribution in [0.25, 0.3) is 0 Å². The lowest BCUT2D eigenvalue weighted by Crippen LogP contribution is -1.47. The molecule has 2 aromatic carbocycles. The van der Waals surface area contributed by atoms with Crippen LogP contribution in [0.3, 0.4) is 0 Å². The standard InChI is InChI=1S/2C6H6.CH4S/c2*1-2-4-6-5-3-1;1-2/h2*1-6H;2H,1H3. The fraction of sp³-hybridized carbons (Fsp3) is 0.0769. The van der Waals surface area contributed by atoms with E-state index in [1.165, 1.54) is 0 Å². The Hall–Kier alpha value is -1.21. The van der Waals surface area contributed by atoms with E-state index in [4.69, 9.17) is 0 Å². The largest absolute Gasteiger partial charge is 0.183 e. The van der Waals surface area contributed by atoms with E-state index in [-0.39, 0.29) is 0 Å². The molecule has 74 valence electrons. The number of hydrogen-bond donors (Lipinski definition) is 1. The third kappa shape index (κ3) is 8.88. The van der Waals surface area contributed by atoms with E-state index >= 15 is 0 Å². The zero-order valence-corrected chi connectivity index (χ0v) is 9.27. The lowest BCUT2D eigenvalue weighted by Gasteiger charge is -1.69. The van der Waals surface area contributed by atoms with Crippen molar-refractivity contribution in [3.05, 3.63) is 72.8 Å². The zero-order valence-electron chi connectivity index (χ0n) is 8.38. The van der Waals surface area contributed by atoms with E-state index in [1.807, 2.05) is 72.8 Å². The molecule has 0 radical (unpaired) electrons. The predicted octanol–water partition coefficient (Wildman–Crippen LogP) is 3.92. The summed E-state index contributed by atoms with van der Waals surface area (Å²) in [5.74, 6) is 0. The Balaban J connectivity index is 0.000000206. The van der Waals surface area contributed by atoms with Gasteiger partial charge in [0.2, 0.25) is 0 Å². The van der Waals surface area contributed by atoms with Gasteiger partial charge in [0.05, 0.1) is 0 Å². The zero-order chi connectivity index (χ0) is 10.5. The Bertz CT molecular complexity index is 181. The summed E-state index contributed by atoms with van der Waals surface area (Å²) in [6.07, 6.45) is 1.69. The van der Waals surface area contributed by atoms with E-state index in [0.717, 1.165) is 0 Å². The molecule has 0 fully saturated rings. The highest BCUT2D eigenvalue weighted by molar-refractivity contribution is 7.79. The number of thiol groups is 1. The minimum Gasteiger partial charge on any atom is -0.183 e. The van der Waals surface area contributed by atoms with Gasteiger partial charge in [-0.25, -0.2) is 0 Å². The maximum absolute atomic E-state index is 3.53. The van der Waals surface area contributed by atoms with E-state index < -0.39 is 0 Å². The Labute approximate surface area is 92.0 Å². The summed E-state index contributed by atoms with van der Waals surface area (Å²) in [7, 11) is 0. The average Bonchev–Trinajstić information content (AvgIpc) is 2.37. The van der Waals surface area contributed by atoms with E-state index in [9.17, 15) is 0 Å². The second-order valence-electron chi connectivity index (χ2n) is 2.31. The molecule has 0 nitrogen and oxygen atoms in total. The van der Waals surface area contributed by atoms with Gasteiger partial charge in [-0.05, 0) is 6.26 Å². The molecule has 0 heterocycles. The average molecular weight is 204 g/mol. The molecular weight excluding hydrogens is 188 g/mol. The second-order valence-corrected chi connectivity index (χ2v) is 2.31. The summed E-state index contributed by atoms with van der Waals surface area (Å²) in [6.45, 7) is 0. The summed E-state index contributed by atoms with van der Waals surface area (Å²) in [5, 5.41) is 0. The summed E-state index contributed by atoms with van der Waals surface area (Å²) in [4.78, 5) is 0. The van der Waals surface area contributed by atoms with Crippen LogP contribution in [0.15, 0.2) is 72.8 Å². The van der Waals surface area contributed by atoms with Crippen molar-refractivity contribution in [2.24, 2.45) is 0 Å². The molecule has 0 saturated heterocycles. The summed E-state index contributed by atoms with van der Waals surface area (Å²) in [5.41, 5.74) is 0. The molecule has 0 unspecified atom stereocenters. The monoisotopic (exact) mass is 204 g/mol. The first-order valence-electron chi connectivity index (χ1n) is 4.45. The Morgan fingerprint density at radius 1 is 0.357 bits per heavy atom. The molecule has 0 aromatic heterocycles. The molecule has 2 rings (SSSR count). The Morgan fingerprint density at radius 3 is 0.500 bits per heavy atom. The van der Waals surface area contributed by atoms with Crippen LogP contribution in [-0.4, -0.2) is 6.26 Å². The van der Waals surface area contributed by atoms with Crippen LogP contribution >= 0.6 is 12.6 Å². The van der Waals surface area contributed by atoms with E-state index in [0.29, 0.717) is 0 Å². The maximum Gasteiger partial charge on any atom is -0.0215 e. The first kappa shape index (κ1) is 12.8. The summed E-state index contributed by atoms with van der Waals surface area (Å²) < 4.78 is 0. The first-order chi connectivity index (χ1) is 7.00. The van der Waals surface area contributed by atoms with Gasteiger partial charge in [-0.15, -0.1) is 0 Å². The molecule has 1 heteroatoms. The first-order valence-corrected chi connectivity index (χ1v) is 5.34. The van der Waals surface area contributed by atoms with Gasteiger partial charge in [-0.1, -0.05) is 72.8 Å². The van der Waals surface area contributed by atoms with Crippen molar-refractivity contribution < 1.29 is 0 Å². The van der Waals surface area contributed by atoms with Crippen molar-refractivity contribution in [2.75, 3.05) is 6.26 Å². The van der Waals surface area contributed by atoms with Crippen molar-refractivity contribution in [1.82, 2.24) is 0 Å². The van der Waals surface area contributed by atoms with Crippen LogP contribution in [0.4, 0.5) is 0 Å². The molecule has 0 amide bonds. The van der Waals surface area contributed by atoms with Gasteiger partial charge >= 0.3 is 0 Å². The van der Waals surface area contributed by atoms with Gasteiger partial charge in [0.1, 0.15) is 0 Å². The Kier molecular flexibility index (Phi) is 10.8. The lowest BCUT2D eigenvalue weighted by molar-refractivity contribution is 1.72. The highest BCUT2D eigenvalue weighted by atomic mass is 32.1. The van der Waals surface area contributed by atoms with Crippen LogP contribution < -0.4 is 0 Å². The van der Waals surface area contributed by atoms with Gasteiger partial charge in [-0.3, -0.25) is 0 Å². The van der Waals surface area contributed by atoms with Crippen molar-refractivity contribution in [2.45, 2.75) is 0 Å². The third-order valence-electron chi connectivity index (χ3n) is 1.33. The van der Waals surface area contributed by atoms with Gasteiger partial charge < -0.3 is 0 Å². The molecular formula is C13H16S. The quantitative estimate of drug-likeness (QED) is 0.618. The lowest BCUT2D eigenvalue weighted by atomic mass is 10.4. The molecule has 0 aliphatic carbocycles. The van der Waals surface area contributed by atoms with Crippen LogP contribution in [-0.2, 0) is 0 Å². The molecule has 0 bridgehead atoms. The molecule has 2 aromatic rings. The molecule has 0 spiro atoms. The minimum atomic E-state index is 1.69. The number of benzene rings is 2. The van der Waals surface area contributed by atoms with Crippen molar-refractivity contribution in [3.8, 4) is 0 Å². The topological polar surface area (TPSA) is 0 Å². The van der Waals surface area contributed by atoms with E-state index in [2.05, 4.69) is 12.6 Å². The van der Waals surface area contributed by atoms with Crippen LogP contribution in [0.1, 0.15) is 0 Å². The van der Waals surface area contributed by atoms with Crippen molar-refractivity contribution in [3.63, 3.8) is 0 Å². The van der Waals surface area contributed by atoms with Crippen molar-refractivity contribution in [1.29, 1.82) is 0 Å². The van der Waals surface area contributed by atoms with Gasteiger partial charge in [0.15, 0.2) is 0 Å². The fourth-order valence-corrected chi connectivity index (χ4v) is 0.770. The predicted molar refractivity (Wildman–Crippen MR) is 67.8 cm³/mol. The highest BCUT2D eigenvalue weighted by Gasteiger charge is 1.58. The number of rotatable bonds is 0. The van der Waals surface area contributed by atoms with Gasteiger partial charge in [0, 0.05) is 0 Å². The van der Waals surface area contributed by atoms with Gasteiger partial charge in [-0.2, -0.15) is 12.6 Å². The van der Waals surface area contributed by atoms with Gasteiger partial charge in [0.25, 0.3) is 0 Å². The highest BCUT2D eigenvalue weighted by Crippen LogP contribution is 1.80. The maximum atomic E-state index is 3.53. The van der Waals surface area contributed by atoms with E-state index in [1.54, 1.807) is 6.26 Å². The smallest absolute Gasteiger partial charge is 0.0215 e. The number of hydrogen-bond acceptors (Lipinski definition) is 1. The fourth-order valence-electron chi connectivity index (χ4n) is 0.770. The minimum absolute atomic E-state index is 1.69. The summed E-state index contributed by atoms with van der Waals surface area (Å²) in [6, 6.07) is 24.0. The molecule has 0 aliphatic rings. The van der Waals surface area contributed by atoms with Crippen LogP contribution in [0, 0.1) is 0 Å². The Morgan fingerprint density at radius 2 is 0.429 bits per heavy atom. The van der Waals surface area contributed by atoms with Crippen molar-refractivity contribution >= 4 is 12.6 Å². The SMILES string of the molecule is CS.c1ccccc1.c1ccccc1. The molecule has 0 saturated carbocycles.